The number of benzene rings is 1. The van der Waals surface area contributed by atoms with E-state index < -0.39 is 39.6 Å². The highest BCUT2D eigenvalue weighted by atomic mass is 19.4. The van der Waals surface area contributed by atoms with Gasteiger partial charge in [-0.25, -0.2) is 0 Å². The van der Waals surface area contributed by atoms with Gasteiger partial charge in [-0.05, 0) is 29.8 Å². The first-order chi connectivity index (χ1) is 11.0. The summed E-state index contributed by atoms with van der Waals surface area (Å²) >= 11 is 0. The maximum absolute atomic E-state index is 14.1. The van der Waals surface area contributed by atoms with Crippen molar-refractivity contribution in [1.29, 1.82) is 0 Å². The first kappa shape index (κ1) is 17.7. The third-order valence-electron chi connectivity index (χ3n) is 3.34. The zero-order chi connectivity index (χ0) is 18.2. The minimum atomic E-state index is -6.08. The summed E-state index contributed by atoms with van der Waals surface area (Å²) < 4.78 is 66.7. The van der Waals surface area contributed by atoms with E-state index in [1.165, 1.54) is 6.07 Å². The third-order valence-corrected chi connectivity index (χ3v) is 3.34. The number of nitro groups is 1. The van der Waals surface area contributed by atoms with Gasteiger partial charge in [-0.15, -0.1) is 0 Å². The average Bonchev–Trinajstić information content (AvgIpc) is 2.53. The zero-order valence-corrected chi connectivity index (χ0v) is 11.7. The third kappa shape index (κ3) is 2.68. The number of aliphatic hydroxyl groups is 1. The van der Waals surface area contributed by atoms with Crippen molar-refractivity contribution in [3.63, 3.8) is 0 Å². The van der Waals surface area contributed by atoms with Gasteiger partial charge in [-0.1, -0.05) is 6.07 Å². The molecule has 0 saturated carbocycles. The zero-order valence-electron chi connectivity index (χ0n) is 11.7. The van der Waals surface area contributed by atoms with Crippen molar-refractivity contribution in [3.05, 3.63) is 70.0 Å². The van der Waals surface area contributed by atoms with Crippen LogP contribution in [0.15, 0.2) is 48.7 Å². The van der Waals surface area contributed by atoms with Crippen LogP contribution in [0.2, 0.25) is 0 Å². The molecule has 1 atom stereocenters. The number of hydrogen-bond donors (Lipinski definition) is 1. The molecule has 0 aliphatic heterocycles. The predicted molar refractivity (Wildman–Crippen MR) is 71.3 cm³/mol. The molecule has 2 rings (SSSR count). The number of hydrogen-bond acceptors (Lipinski definition) is 4. The van der Waals surface area contributed by atoms with E-state index in [0.717, 1.165) is 30.5 Å². The second-order valence-corrected chi connectivity index (χ2v) is 4.80. The van der Waals surface area contributed by atoms with E-state index in [9.17, 15) is 37.2 Å². The summed E-state index contributed by atoms with van der Waals surface area (Å²) in [6.07, 6.45) is -5.14. The lowest BCUT2D eigenvalue weighted by Crippen LogP contribution is -2.56. The Bertz CT molecular complexity index is 734. The Morgan fingerprint density at radius 1 is 1.00 bits per heavy atom. The van der Waals surface area contributed by atoms with Gasteiger partial charge in [0.15, 0.2) is 0 Å². The standard InChI is InChI=1S/C14H9F5N2O3/c15-13(16,14(17,18)19)12(22,11-3-1-2-8-20-11)9-4-6-10(7-5-9)21(23)24/h1-8,22H. The maximum atomic E-state index is 14.1. The van der Waals surface area contributed by atoms with Crippen LogP contribution in [0.5, 0.6) is 0 Å². The van der Waals surface area contributed by atoms with Gasteiger partial charge in [0.05, 0.1) is 10.6 Å². The molecule has 10 heteroatoms. The van der Waals surface area contributed by atoms with Crippen LogP contribution >= 0.6 is 0 Å². The molecule has 1 aromatic heterocycles. The molecule has 0 saturated heterocycles. The average molecular weight is 348 g/mol. The van der Waals surface area contributed by atoms with E-state index in [2.05, 4.69) is 4.98 Å². The number of non-ortho nitro benzene ring substituents is 1. The molecule has 0 spiro atoms. The van der Waals surface area contributed by atoms with Crippen molar-refractivity contribution in [1.82, 2.24) is 4.98 Å². The van der Waals surface area contributed by atoms with E-state index >= 15 is 0 Å². The lowest BCUT2D eigenvalue weighted by molar-refractivity contribution is -0.384. The van der Waals surface area contributed by atoms with E-state index in [0.29, 0.717) is 12.1 Å². The molecular formula is C14H9F5N2O3. The minimum absolute atomic E-state index is 0.530. The molecule has 0 bridgehead atoms. The fourth-order valence-electron chi connectivity index (χ4n) is 2.10. The van der Waals surface area contributed by atoms with Crippen molar-refractivity contribution >= 4 is 5.69 Å². The molecule has 2 aromatic rings. The van der Waals surface area contributed by atoms with Crippen molar-refractivity contribution in [2.45, 2.75) is 17.7 Å². The molecule has 0 aliphatic carbocycles. The van der Waals surface area contributed by atoms with Crippen molar-refractivity contribution < 1.29 is 32.0 Å². The summed E-state index contributed by atoms with van der Waals surface area (Å²) in [6.45, 7) is 0. The molecule has 5 nitrogen and oxygen atoms in total. The lowest BCUT2D eigenvalue weighted by Gasteiger charge is -2.36. The Hall–Kier alpha value is -2.62. The van der Waals surface area contributed by atoms with Crippen LogP contribution in [0.4, 0.5) is 27.6 Å². The van der Waals surface area contributed by atoms with Crippen LogP contribution in [0.25, 0.3) is 0 Å². The molecule has 1 N–H and O–H groups in total. The van der Waals surface area contributed by atoms with Crippen LogP contribution in [0.3, 0.4) is 0 Å². The van der Waals surface area contributed by atoms with Crippen LogP contribution in [0, 0.1) is 10.1 Å². The Morgan fingerprint density at radius 2 is 1.58 bits per heavy atom. The Balaban J connectivity index is 2.71. The Morgan fingerprint density at radius 3 is 2.00 bits per heavy atom. The van der Waals surface area contributed by atoms with Crippen molar-refractivity contribution in [2.75, 3.05) is 0 Å². The van der Waals surface area contributed by atoms with Gasteiger partial charge < -0.3 is 5.11 Å². The number of nitro benzene ring substituents is 1. The number of rotatable bonds is 4. The fraction of sp³-hybridized carbons (Fsp3) is 0.214. The molecule has 0 amide bonds. The quantitative estimate of drug-likeness (QED) is 0.522. The number of aromatic nitrogens is 1. The van der Waals surface area contributed by atoms with Gasteiger partial charge in [0.25, 0.3) is 5.69 Å². The summed E-state index contributed by atoms with van der Waals surface area (Å²) in [5.74, 6) is -5.59. The largest absolute Gasteiger partial charge is 0.457 e. The van der Waals surface area contributed by atoms with Gasteiger partial charge in [0.1, 0.15) is 0 Å². The second kappa shape index (κ2) is 5.78. The molecule has 128 valence electrons. The SMILES string of the molecule is O=[N+]([O-])c1ccc(C(O)(c2ccccn2)C(F)(F)C(F)(F)F)cc1. The van der Waals surface area contributed by atoms with Crippen LogP contribution in [-0.2, 0) is 5.60 Å². The normalized spacial score (nSPS) is 14.9. The summed E-state index contributed by atoms with van der Waals surface area (Å²) in [6, 6.07) is 5.90. The second-order valence-electron chi connectivity index (χ2n) is 4.80. The lowest BCUT2D eigenvalue weighted by atomic mass is 9.83. The monoisotopic (exact) mass is 348 g/mol. The minimum Gasteiger partial charge on any atom is -0.373 e. The van der Waals surface area contributed by atoms with E-state index in [1.54, 1.807) is 0 Å². The van der Waals surface area contributed by atoms with Gasteiger partial charge >= 0.3 is 12.1 Å². The number of pyridine rings is 1. The highest BCUT2D eigenvalue weighted by molar-refractivity contribution is 5.41. The van der Waals surface area contributed by atoms with E-state index in [-0.39, 0.29) is 0 Å². The predicted octanol–water partition coefficient (Wildman–Crippen LogP) is 3.42. The number of alkyl halides is 5. The van der Waals surface area contributed by atoms with Crippen molar-refractivity contribution in [3.8, 4) is 0 Å². The topological polar surface area (TPSA) is 76.3 Å². The fourth-order valence-corrected chi connectivity index (χ4v) is 2.10. The molecular weight excluding hydrogens is 339 g/mol. The van der Waals surface area contributed by atoms with Crippen LogP contribution in [0.1, 0.15) is 11.3 Å². The van der Waals surface area contributed by atoms with Gasteiger partial charge in [0, 0.05) is 18.3 Å². The Labute approximate surface area is 131 Å². The summed E-state index contributed by atoms with van der Waals surface area (Å²) in [7, 11) is 0. The number of halogens is 5. The molecule has 0 radical (unpaired) electrons. The molecule has 0 aliphatic rings. The van der Waals surface area contributed by atoms with E-state index in [4.69, 9.17) is 0 Å². The molecule has 1 unspecified atom stereocenters. The first-order valence-corrected chi connectivity index (χ1v) is 6.35. The summed E-state index contributed by atoms with van der Waals surface area (Å²) in [5.41, 5.74) is -6.20. The van der Waals surface area contributed by atoms with Gasteiger partial charge in [0.2, 0.25) is 5.60 Å². The molecule has 1 aromatic carbocycles. The molecule has 0 fully saturated rings. The maximum Gasteiger partial charge on any atom is 0.457 e. The molecule has 1 heterocycles. The van der Waals surface area contributed by atoms with E-state index in [1.807, 2.05) is 0 Å². The first-order valence-electron chi connectivity index (χ1n) is 6.35. The van der Waals surface area contributed by atoms with Crippen molar-refractivity contribution in [2.24, 2.45) is 0 Å². The number of nitrogens with zero attached hydrogens (tertiary/aromatic N) is 2. The van der Waals surface area contributed by atoms with Crippen LogP contribution in [-0.4, -0.2) is 27.1 Å². The summed E-state index contributed by atoms with van der Waals surface area (Å²) in [5, 5.41) is 20.9. The highest BCUT2D eigenvalue weighted by Crippen LogP contribution is 2.51. The summed E-state index contributed by atoms with van der Waals surface area (Å²) in [4.78, 5) is 13.1. The highest BCUT2D eigenvalue weighted by Gasteiger charge is 2.71. The molecule has 24 heavy (non-hydrogen) atoms. The van der Waals surface area contributed by atoms with Gasteiger partial charge in [-0.2, -0.15) is 22.0 Å². The smallest absolute Gasteiger partial charge is 0.373 e. The van der Waals surface area contributed by atoms with Crippen LogP contribution < -0.4 is 0 Å². The Kier molecular flexibility index (Phi) is 4.27. The van der Waals surface area contributed by atoms with Gasteiger partial charge in [-0.3, -0.25) is 15.1 Å².